The molecule has 0 aliphatic carbocycles. The van der Waals surface area contributed by atoms with Crippen molar-refractivity contribution in [2.24, 2.45) is 0 Å². The molecule has 2 heterocycles. The van der Waals surface area contributed by atoms with E-state index in [0.29, 0.717) is 0 Å². The molecular formula is C42H38S2. The van der Waals surface area contributed by atoms with E-state index in [0.717, 1.165) is 0 Å². The van der Waals surface area contributed by atoms with E-state index in [-0.39, 0.29) is 0 Å². The zero-order valence-corrected chi connectivity index (χ0v) is 27.1. The van der Waals surface area contributed by atoms with Gasteiger partial charge in [0.1, 0.15) is 0 Å². The van der Waals surface area contributed by atoms with Crippen LogP contribution >= 0.6 is 22.7 Å². The molecule has 218 valence electrons. The Labute approximate surface area is 268 Å². The molecule has 6 aromatic carbocycles. The highest BCUT2D eigenvalue weighted by molar-refractivity contribution is 7.27. The normalized spacial score (nSPS) is 12.1. The Balaban J connectivity index is 1.11. The van der Waals surface area contributed by atoms with Crippen LogP contribution in [0.4, 0.5) is 0 Å². The van der Waals surface area contributed by atoms with Crippen LogP contribution in [0.1, 0.15) is 63.9 Å². The fourth-order valence-corrected chi connectivity index (χ4v) is 9.32. The molecular weight excluding hydrogens is 569 g/mol. The van der Waals surface area contributed by atoms with E-state index in [2.05, 4.69) is 110 Å². The number of unbranched alkanes of at least 4 members (excludes halogenated alkanes) is 7. The van der Waals surface area contributed by atoms with E-state index < -0.39 is 0 Å². The first-order valence-corrected chi connectivity index (χ1v) is 18.1. The first-order valence-electron chi connectivity index (χ1n) is 16.5. The lowest BCUT2D eigenvalue weighted by atomic mass is 9.99. The maximum Gasteiger partial charge on any atom is 0.0362 e. The van der Waals surface area contributed by atoms with Crippen molar-refractivity contribution in [2.75, 3.05) is 0 Å². The standard InChI is InChI=1S/C42H38S2/c1-2-3-4-5-6-7-8-10-13-28-16-17-31-24-39-35(22-33(31)20-28)37-26-42-38(27-41(37)43-39)36-23-34-21-30(29-14-11-9-12-15-29)18-19-32(34)25-40(36)44-42/h9,11-12,14-27H,2-8,10,13H2,1H3. The molecule has 8 rings (SSSR count). The van der Waals surface area contributed by atoms with Gasteiger partial charge in [0.2, 0.25) is 0 Å². The molecule has 0 unspecified atom stereocenters. The first kappa shape index (κ1) is 27.8. The molecule has 0 atom stereocenters. The molecule has 0 saturated carbocycles. The van der Waals surface area contributed by atoms with Gasteiger partial charge < -0.3 is 0 Å². The molecule has 0 nitrogen and oxygen atoms in total. The number of hydrogen-bond donors (Lipinski definition) is 0. The van der Waals surface area contributed by atoms with Crippen LogP contribution in [0.3, 0.4) is 0 Å². The Morgan fingerprint density at radius 2 is 0.955 bits per heavy atom. The number of aryl methyl sites for hydroxylation is 1. The van der Waals surface area contributed by atoms with Crippen LogP contribution in [-0.2, 0) is 6.42 Å². The largest absolute Gasteiger partial charge is 0.135 e. The lowest BCUT2D eigenvalue weighted by Crippen LogP contribution is -1.87. The quantitative estimate of drug-likeness (QED) is 0.136. The van der Waals surface area contributed by atoms with Gasteiger partial charge in [0.25, 0.3) is 0 Å². The minimum atomic E-state index is 1.19. The molecule has 0 N–H and O–H groups in total. The van der Waals surface area contributed by atoms with Gasteiger partial charge in [-0.3, -0.25) is 0 Å². The molecule has 0 spiro atoms. The molecule has 8 aromatic rings. The molecule has 44 heavy (non-hydrogen) atoms. The third-order valence-electron chi connectivity index (χ3n) is 9.47. The summed E-state index contributed by atoms with van der Waals surface area (Å²) in [4.78, 5) is 0. The van der Waals surface area contributed by atoms with Crippen molar-refractivity contribution in [2.45, 2.75) is 64.7 Å². The Kier molecular flexibility index (Phi) is 7.58. The van der Waals surface area contributed by atoms with E-state index >= 15 is 0 Å². The SMILES string of the molecule is CCCCCCCCCCc1ccc2cc3sc4cc5c(cc4c3cc2c1)sc1cc2ccc(-c3ccccc3)cc2cc15. The van der Waals surface area contributed by atoms with Crippen molar-refractivity contribution in [3.63, 3.8) is 0 Å². The highest BCUT2D eigenvalue weighted by atomic mass is 32.1. The maximum absolute atomic E-state index is 2.46. The van der Waals surface area contributed by atoms with Crippen molar-refractivity contribution in [1.29, 1.82) is 0 Å². The Morgan fingerprint density at radius 1 is 0.409 bits per heavy atom. The summed E-state index contributed by atoms with van der Waals surface area (Å²) in [5, 5.41) is 10.9. The van der Waals surface area contributed by atoms with Gasteiger partial charge >= 0.3 is 0 Å². The summed E-state index contributed by atoms with van der Waals surface area (Å²) in [6, 6.07) is 39.3. The third-order valence-corrected chi connectivity index (χ3v) is 11.7. The van der Waals surface area contributed by atoms with E-state index in [9.17, 15) is 0 Å². The van der Waals surface area contributed by atoms with Crippen molar-refractivity contribution >= 4 is 84.6 Å². The lowest BCUT2D eigenvalue weighted by Gasteiger charge is -2.05. The molecule has 2 aromatic heterocycles. The second-order valence-corrected chi connectivity index (χ2v) is 14.7. The molecule has 0 saturated heterocycles. The van der Waals surface area contributed by atoms with Gasteiger partial charge in [0.15, 0.2) is 0 Å². The van der Waals surface area contributed by atoms with Gasteiger partial charge in [0, 0.05) is 40.3 Å². The zero-order valence-electron chi connectivity index (χ0n) is 25.5. The van der Waals surface area contributed by atoms with Crippen molar-refractivity contribution in [1.82, 2.24) is 0 Å². The summed E-state index contributed by atoms with van der Waals surface area (Å²) in [6.07, 6.45) is 12.2. The minimum absolute atomic E-state index is 1.19. The van der Waals surface area contributed by atoms with Crippen LogP contribution < -0.4 is 0 Å². The van der Waals surface area contributed by atoms with Crippen LogP contribution in [0, 0.1) is 0 Å². The molecule has 0 fully saturated rings. The summed E-state index contributed by atoms with van der Waals surface area (Å²) >= 11 is 3.87. The predicted molar refractivity (Wildman–Crippen MR) is 199 cm³/mol. The summed E-state index contributed by atoms with van der Waals surface area (Å²) in [5.74, 6) is 0. The minimum Gasteiger partial charge on any atom is -0.135 e. The maximum atomic E-state index is 2.46. The van der Waals surface area contributed by atoms with E-state index in [1.165, 1.54) is 136 Å². The number of fused-ring (bicyclic) bond motifs is 8. The van der Waals surface area contributed by atoms with E-state index in [1.807, 2.05) is 22.7 Å². The third kappa shape index (κ3) is 5.29. The topological polar surface area (TPSA) is 0 Å². The molecule has 0 aliphatic heterocycles. The summed E-state index contributed by atoms with van der Waals surface area (Å²) < 4.78 is 5.54. The Morgan fingerprint density at radius 3 is 1.61 bits per heavy atom. The highest BCUT2D eigenvalue weighted by Crippen LogP contribution is 2.44. The average Bonchev–Trinajstić information content (AvgIpc) is 3.58. The van der Waals surface area contributed by atoms with E-state index in [1.54, 1.807) is 0 Å². The summed E-state index contributed by atoms with van der Waals surface area (Å²) in [5.41, 5.74) is 4.03. The summed E-state index contributed by atoms with van der Waals surface area (Å²) in [7, 11) is 0. The second kappa shape index (κ2) is 12.0. The number of thiophene rings is 2. The van der Waals surface area contributed by atoms with Gasteiger partial charge in [0.05, 0.1) is 0 Å². The van der Waals surface area contributed by atoms with Crippen LogP contribution in [0.5, 0.6) is 0 Å². The van der Waals surface area contributed by atoms with Crippen molar-refractivity contribution in [3.8, 4) is 11.1 Å². The highest BCUT2D eigenvalue weighted by Gasteiger charge is 2.13. The van der Waals surface area contributed by atoms with Gasteiger partial charge in [-0.2, -0.15) is 0 Å². The van der Waals surface area contributed by atoms with Crippen LogP contribution in [0.25, 0.3) is 73.0 Å². The van der Waals surface area contributed by atoms with E-state index in [4.69, 9.17) is 0 Å². The Hall–Kier alpha value is -3.72. The first-order chi connectivity index (χ1) is 21.7. The monoisotopic (exact) mass is 606 g/mol. The fourth-order valence-electron chi connectivity index (χ4n) is 7.01. The molecule has 0 amide bonds. The molecule has 0 radical (unpaired) electrons. The van der Waals surface area contributed by atoms with Gasteiger partial charge in [-0.05, 0) is 93.5 Å². The number of hydrogen-bond acceptors (Lipinski definition) is 2. The second-order valence-electron chi connectivity index (χ2n) is 12.6. The smallest absolute Gasteiger partial charge is 0.0362 e. The summed E-state index contributed by atoms with van der Waals surface area (Å²) in [6.45, 7) is 2.29. The van der Waals surface area contributed by atoms with Crippen LogP contribution in [0.2, 0.25) is 0 Å². The molecule has 0 aliphatic rings. The average molecular weight is 607 g/mol. The lowest BCUT2D eigenvalue weighted by molar-refractivity contribution is 0.575. The van der Waals surface area contributed by atoms with Crippen LogP contribution in [0.15, 0.2) is 103 Å². The Bertz CT molecular complexity index is 2270. The van der Waals surface area contributed by atoms with Gasteiger partial charge in [-0.25, -0.2) is 0 Å². The van der Waals surface area contributed by atoms with Crippen molar-refractivity contribution in [3.05, 3.63) is 109 Å². The molecule has 2 heteroatoms. The van der Waals surface area contributed by atoms with Gasteiger partial charge in [-0.15, -0.1) is 22.7 Å². The molecule has 0 bridgehead atoms. The zero-order chi connectivity index (χ0) is 29.5. The number of rotatable bonds is 10. The fraction of sp³-hybridized carbons (Fsp3) is 0.238. The predicted octanol–water partition coefficient (Wildman–Crippen LogP) is 14.1. The van der Waals surface area contributed by atoms with Gasteiger partial charge in [-0.1, -0.05) is 113 Å². The number of benzene rings is 6. The van der Waals surface area contributed by atoms with Crippen LogP contribution in [-0.4, -0.2) is 0 Å². The van der Waals surface area contributed by atoms with Crippen molar-refractivity contribution < 1.29 is 0 Å².